The first-order chi connectivity index (χ1) is 23.7. The summed E-state index contributed by atoms with van der Waals surface area (Å²) in [7, 11) is -4.43. The molecular formula is C37H44N6O5S. The van der Waals surface area contributed by atoms with E-state index in [4.69, 9.17) is 4.74 Å². The van der Waals surface area contributed by atoms with Crippen molar-refractivity contribution >= 4 is 27.5 Å². The van der Waals surface area contributed by atoms with Crippen LogP contribution in [0.25, 0.3) is 0 Å². The molecule has 0 aliphatic carbocycles. The molecule has 0 saturated carbocycles. The smallest absolute Gasteiger partial charge is 0.270 e. The molecule has 12 heteroatoms. The van der Waals surface area contributed by atoms with Crippen molar-refractivity contribution in [3.63, 3.8) is 0 Å². The molecule has 49 heavy (non-hydrogen) atoms. The molecule has 0 N–H and O–H groups in total. The van der Waals surface area contributed by atoms with E-state index in [0.29, 0.717) is 47.8 Å². The predicted molar refractivity (Wildman–Crippen MR) is 186 cm³/mol. The number of carbonyl (C=O) groups is 2. The van der Waals surface area contributed by atoms with Gasteiger partial charge in [0.05, 0.1) is 28.8 Å². The van der Waals surface area contributed by atoms with E-state index in [2.05, 4.69) is 27.8 Å². The molecule has 2 fully saturated rings. The summed E-state index contributed by atoms with van der Waals surface area (Å²) >= 11 is 0. The highest BCUT2D eigenvalue weighted by atomic mass is 32.2. The van der Waals surface area contributed by atoms with Crippen LogP contribution in [0.2, 0.25) is 0 Å². The van der Waals surface area contributed by atoms with Crippen LogP contribution in [-0.2, 0) is 31.4 Å². The number of hydrogen-bond acceptors (Lipinski definition) is 9. The van der Waals surface area contributed by atoms with Crippen molar-refractivity contribution in [3.05, 3.63) is 83.0 Å². The first-order valence-electron chi connectivity index (χ1n) is 17.2. The molecule has 258 valence electrons. The Morgan fingerprint density at radius 1 is 0.980 bits per heavy atom. The van der Waals surface area contributed by atoms with E-state index in [1.54, 1.807) is 54.4 Å². The number of nitrogens with zero attached hydrogens (tertiary/aromatic N) is 6. The standard InChI is InChI=1S/C37H44N6O5S/c1-4-30-27(26-38)14-15-32-34(30)37(31-13-10-18-39-35(31)48-6-3,36(45)43(32)49(46,47)29-11-8-7-9-12-29)25-33(44)42-23-21-41(22-24-42)28-16-19-40(5-2)20-17-28/h7-15,18,28H,4-6,16-17,19-25H2,1-3H3. The van der Waals surface area contributed by atoms with Crippen LogP contribution < -0.4 is 9.04 Å². The molecule has 2 saturated heterocycles. The summed E-state index contributed by atoms with van der Waals surface area (Å²) in [6, 6.07) is 16.9. The highest BCUT2D eigenvalue weighted by Gasteiger charge is 2.59. The summed E-state index contributed by atoms with van der Waals surface area (Å²) in [5.41, 5.74) is -0.228. The third-order valence-corrected chi connectivity index (χ3v) is 12.1. The number of carbonyl (C=O) groups excluding carboxylic acids is 2. The Balaban J connectivity index is 1.45. The number of pyridine rings is 1. The molecule has 3 aliphatic heterocycles. The fourth-order valence-electron chi connectivity index (χ4n) is 7.83. The molecule has 4 heterocycles. The zero-order valence-electron chi connectivity index (χ0n) is 28.5. The van der Waals surface area contributed by atoms with Gasteiger partial charge in [-0.05, 0) is 81.7 Å². The van der Waals surface area contributed by atoms with Crippen molar-refractivity contribution in [2.45, 2.75) is 62.8 Å². The first-order valence-corrected chi connectivity index (χ1v) is 18.7. The van der Waals surface area contributed by atoms with Crippen molar-refractivity contribution in [3.8, 4) is 11.9 Å². The number of hydrogen-bond donors (Lipinski definition) is 0. The third-order valence-electron chi connectivity index (χ3n) is 10.4. The summed E-state index contributed by atoms with van der Waals surface area (Å²) in [4.78, 5) is 40.9. The SMILES string of the molecule is CCOc1ncccc1C1(CC(=O)N2CCN(C3CCN(CC)CC3)CC2)C(=O)N(S(=O)(=O)c2ccccc2)c2ccc(C#N)c(CC)c21. The van der Waals surface area contributed by atoms with Crippen molar-refractivity contribution < 1.29 is 22.7 Å². The number of nitriles is 1. The quantitative estimate of drug-likeness (QED) is 0.312. The van der Waals surface area contributed by atoms with E-state index in [1.807, 2.05) is 6.92 Å². The van der Waals surface area contributed by atoms with Crippen LogP contribution in [-0.4, -0.2) is 98.4 Å². The van der Waals surface area contributed by atoms with Gasteiger partial charge >= 0.3 is 0 Å². The lowest BCUT2D eigenvalue weighted by Gasteiger charge is -2.43. The summed E-state index contributed by atoms with van der Waals surface area (Å²) < 4.78 is 35.6. The normalized spacial score (nSPS) is 20.7. The first kappa shape index (κ1) is 34.5. The lowest BCUT2D eigenvalue weighted by molar-refractivity contribution is -0.137. The van der Waals surface area contributed by atoms with Gasteiger partial charge in [-0.1, -0.05) is 38.1 Å². The van der Waals surface area contributed by atoms with E-state index in [-0.39, 0.29) is 35.4 Å². The topological polar surface area (TPSA) is 127 Å². The highest BCUT2D eigenvalue weighted by Crippen LogP contribution is 2.54. The Labute approximate surface area is 289 Å². The second-order valence-electron chi connectivity index (χ2n) is 12.8. The van der Waals surface area contributed by atoms with Gasteiger partial charge in [0, 0.05) is 56.0 Å². The third kappa shape index (κ3) is 6.09. The highest BCUT2D eigenvalue weighted by molar-refractivity contribution is 7.93. The number of sulfonamides is 1. The average Bonchev–Trinajstić information content (AvgIpc) is 3.40. The van der Waals surface area contributed by atoms with Gasteiger partial charge in [-0.25, -0.2) is 17.7 Å². The van der Waals surface area contributed by atoms with E-state index in [9.17, 15) is 18.5 Å². The molecule has 3 aromatic rings. The van der Waals surface area contributed by atoms with Crippen LogP contribution >= 0.6 is 0 Å². The summed E-state index contributed by atoms with van der Waals surface area (Å²) in [6.07, 6.45) is 3.73. The zero-order chi connectivity index (χ0) is 34.8. The van der Waals surface area contributed by atoms with E-state index in [0.717, 1.165) is 49.9 Å². The molecule has 0 spiro atoms. The average molecular weight is 685 g/mol. The van der Waals surface area contributed by atoms with E-state index in [1.165, 1.54) is 18.2 Å². The van der Waals surface area contributed by atoms with Crippen molar-refractivity contribution in [1.82, 2.24) is 19.7 Å². The van der Waals surface area contributed by atoms with Crippen LogP contribution in [0.15, 0.2) is 65.7 Å². The maximum Gasteiger partial charge on any atom is 0.270 e. The number of ether oxygens (including phenoxy) is 1. The van der Waals surface area contributed by atoms with Crippen LogP contribution in [0, 0.1) is 11.3 Å². The van der Waals surface area contributed by atoms with Crippen LogP contribution in [0.1, 0.15) is 62.3 Å². The Morgan fingerprint density at radius 3 is 2.33 bits per heavy atom. The number of fused-ring (bicyclic) bond motifs is 1. The number of likely N-dealkylation sites (tertiary alicyclic amines) is 1. The zero-order valence-corrected chi connectivity index (χ0v) is 29.3. The second-order valence-corrected chi connectivity index (χ2v) is 14.6. The van der Waals surface area contributed by atoms with Gasteiger partial charge in [0.25, 0.3) is 15.9 Å². The molecule has 1 atom stereocenters. The molecule has 0 radical (unpaired) electrons. The largest absolute Gasteiger partial charge is 0.478 e. The molecule has 1 aromatic heterocycles. The Morgan fingerprint density at radius 2 is 1.69 bits per heavy atom. The minimum absolute atomic E-state index is 0.0593. The minimum atomic E-state index is -4.43. The monoisotopic (exact) mass is 684 g/mol. The van der Waals surface area contributed by atoms with Crippen molar-refractivity contribution in [1.29, 1.82) is 5.26 Å². The van der Waals surface area contributed by atoms with Gasteiger partial charge < -0.3 is 14.5 Å². The maximum absolute atomic E-state index is 15.3. The number of piperazine rings is 1. The lowest BCUT2D eigenvalue weighted by Crippen LogP contribution is -2.55. The molecule has 11 nitrogen and oxygen atoms in total. The second kappa shape index (κ2) is 14.3. The lowest BCUT2D eigenvalue weighted by atomic mass is 9.70. The van der Waals surface area contributed by atoms with Crippen LogP contribution in [0.3, 0.4) is 0 Å². The Kier molecular flexibility index (Phi) is 10.1. The van der Waals surface area contributed by atoms with E-state index >= 15 is 4.79 Å². The summed E-state index contributed by atoms with van der Waals surface area (Å²) in [5, 5.41) is 10.2. The molecule has 3 aliphatic rings. The van der Waals surface area contributed by atoms with Gasteiger partial charge in [-0.15, -0.1) is 0 Å². The molecule has 1 unspecified atom stereocenters. The van der Waals surface area contributed by atoms with Gasteiger partial charge in [0.15, 0.2) is 0 Å². The fourth-order valence-corrected chi connectivity index (χ4v) is 9.33. The number of aromatic nitrogens is 1. The maximum atomic E-state index is 15.3. The molecule has 0 bridgehead atoms. The van der Waals surface area contributed by atoms with Gasteiger partial charge in [0.1, 0.15) is 5.41 Å². The van der Waals surface area contributed by atoms with Crippen molar-refractivity contribution in [2.75, 3.05) is 56.7 Å². The van der Waals surface area contributed by atoms with Crippen LogP contribution in [0.5, 0.6) is 5.88 Å². The molecule has 2 amide bonds. The summed E-state index contributed by atoms with van der Waals surface area (Å²) in [5.74, 6) is -0.919. The molecule has 6 rings (SSSR count). The van der Waals surface area contributed by atoms with E-state index < -0.39 is 21.3 Å². The Bertz CT molecular complexity index is 1850. The van der Waals surface area contributed by atoms with Gasteiger partial charge in [-0.2, -0.15) is 5.26 Å². The summed E-state index contributed by atoms with van der Waals surface area (Å²) in [6.45, 7) is 11.7. The van der Waals surface area contributed by atoms with Crippen LogP contribution in [0.4, 0.5) is 5.69 Å². The number of piperidine rings is 1. The number of amides is 2. The van der Waals surface area contributed by atoms with Gasteiger partial charge in [0.2, 0.25) is 11.8 Å². The van der Waals surface area contributed by atoms with Crippen molar-refractivity contribution in [2.24, 2.45) is 0 Å². The minimum Gasteiger partial charge on any atom is -0.478 e. The fraction of sp³-hybridized carbons (Fsp3) is 0.459. The van der Waals surface area contributed by atoms with Gasteiger partial charge in [-0.3, -0.25) is 14.5 Å². The number of benzene rings is 2. The molecular weight excluding hydrogens is 641 g/mol. The Hall–Kier alpha value is -4.31. The predicted octanol–water partition coefficient (Wildman–Crippen LogP) is 3.95. The number of anilines is 1. The molecule has 2 aromatic carbocycles. The number of rotatable bonds is 10.